The van der Waals surface area contributed by atoms with Gasteiger partial charge in [-0.05, 0) is 0 Å². The molecule has 18 heavy (non-hydrogen) atoms. The van der Waals surface area contributed by atoms with Crippen LogP contribution in [0.25, 0.3) is 0 Å². The zero-order valence-electron chi connectivity index (χ0n) is 11.0. The van der Waals surface area contributed by atoms with Crippen molar-refractivity contribution in [3.8, 4) is 0 Å². The summed E-state index contributed by atoms with van der Waals surface area (Å²) in [5.41, 5.74) is 1.95. The molecule has 0 spiro atoms. The average molecular weight is 244 g/mol. The zero-order valence-corrected chi connectivity index (χ0v) is 11.0. The van der Waals surface area contributed by atoms with Crippen molar-refractivity contribution in [1.82, 2.24) is 0 Å². The van der Waals surface area contributed by atoms with Crippen molar-refractivity contribution in [3.05, 3.63) is 66.0 Å². The summed E-state index contributed by atoms with van der Waals surface area (Å²) >= 11 is 0. The summed E-state index contributed by atoms with van der Waals surface area (Å²) in [6, 6.07) is 13.9. The highest BCUT2D eigenvalue weighted by atomic mass is 16.7. The van der Waals surface area contributed by atoms with Crippen LogP contribution in [0.15, 0.2) is 54.9 Å². The summed E-state index contributed by atoms with van der Waals surface area (Å²) in [5, 5.41) is 0. The van der Waals surface area contributed by atoms with Crippen molar-refractivity contribution in [3.63, 3.8) is 0 Å². The number of aryl methyl sites for hydroxylation is 1. The first-order valence-corrected chi connectivity index (χ1v) is 5.84. The Kier molecular flexibility index (Phi) is 3.75. The lowest BCUT2D eigenvalue weighted by atomic mass is 9.98. The molecule has 0 amide bonds. The largest absolute Gasteiger partial charge is 0.346 e. The molecule has 2 rings (SSSR count). The van der Waals surface area contributed by atoms with Gasteiger partial charge in [-0.1, -0.05) is 30.3 Å². The van der Waals surface area contributed by atoms with E-state index in [2.05, 4.69) is 0 Å². The molecule has 0 aliphatic heterocycles. The highest BCUT2D eigenvalue weighted by molar-refractivity contribution is 5.32. The van der Waals surface area contributed by atoms with Gasteiger partial charge in [-0.25, -0.2) is 4.57 Å². The SMILES string of the molecule is COC(OC)(c1ccccc1)c1cc[n+](C)cc1. The predicted octanol–water partition coefficient (Wildman–Crippen LogP) is 2.00. The van der Waals surface area contributed by atoms with E-state index >= 15 is 0 Å². The zero-order chi connectivity index (χ0) is 13.0. The second-order valence-electron chi connectivity index (χ2n) is 4.14. The van der Waals surface area contributed by atoms with Crippen molar-refractivity contribution in [1.29, 1.82) is 0 Å². The maximum atomic E-state index is 5.67. The third kappa shape index (κ3) is 2.15. The minimum absolute atomic E-state index is 0.852. The van der Waals surface area contributed by atoms with E-state index in [-0.39, 0.29) is 0 Å². The molecule has 1 aromatic carbocycles. The summed E-state index contributed by atoms with van der Waals surface area (Å²) < 4.78 is 13.3. The van der Waals surface area contributed by atoms with Gasteiger partial charge < -0.3 is 9.47 Å². The molecule has 0 unspecified atom stereocenters. The van der Waals surface area contributed by atoms with Gasteiger partial charge in [0.2, 0.25) is 5.79 Å². The van der Waals surface area contributed by atoms with Crippen LogP contribution in [0.4, 0.5) is 0 Å². The van der Waals surface area contributed by atoms with E-state index in [1.165, 1.54) is 0 Å². The van der Waals surface area contributed by atoms with E-state index in [1.807, 2.05) is 66.5 Å². The maximum Gasteiger partial charge on any atom is 0.222 e. The second kappa shape index (κ2) is 5.29. The van der Waals surface area contributed by atoms with E-state index in [1.54, 1.807) is 14.2 Å². The molecule has 3 heteroatoms. The molecular formula is C15H18NO2+. The monoisotopic (exact) mass is 244 g/mol. The van der Waals surface area contributed by atoms with Crippen LogP contribution >= 0.6 is 0 Å². The number of aromatic nitrogens is 1. The van der Waals surface area contributed by atoms with E-state index in [4.69, 9.17) is 9.47 Å². The van der Waals surface area contributed by atoms with Crippen LogP contribution in [0.2, 0.25) is 0 Å². The number of pyridine rings is 1. The molecule has 94 valence electrons. The fraction of sp³-hybridized carbons (Fsp3) is 0.267. The number of ether oxygens (including phenoxy) is 2. The molecule has 0 N–H and O–H groups in total. The second-order valence-corrected chi connectivity index (χ2v) is 4.14. The third-order valence-electron chi connectivity index (χ3n) is 3.09. The number of benzene rings is 1. The smallest absolute Gasteiger partial charge is 0.222 e. The van der Waals surface area contributed by atoms with Gasteiger partial charge in [-0.2, -0.15) is 0 Å². The van der Waals surface area contributed by atoms with Crippen molar-refractivity contribution < 1.29 is 14.0 Å². The van der Waals surface area contributed by atoms with Crippen molar-refractivity contribution >= 4 is 0 Å². The number of hydrogen-bond donors (Lipinski definition) is 0. The number of methoxy groups -OCH3 is 2. The molecule has 1 heterocycles. The maximum absolute atomic E-state index is 5.67. The summed E-state index contributed by atoms with van der Waals surface area (Å²) in [7, 11) is 5.29. The van der Waals surface area contributed by atoms with Crippen LogP contribution < -0.4 is 4.57 Å². The summed E-state index contributed by atoms with van der Waals surface area (Å²) in [6.45, 7) is 0. The Morgan fingerprint density at radius 2 is 1.33 bits per heavy atom. The quantitative estimate of drug-likeness (QED) is 0.606. The lowest BCUT2D eigenvalue weighted by Crippen LogP contribution is -2.34. The van der Waals surface area contributed by atoms with Gasteiger partial charge in [-0.15, -0.1) is 0 Å². The van der Waals surface area contributed by atoms with E-state index in [0.29, 0.717) is 0 Å². The van der Waals surface area contributed by atoms with E-state index in [0.717, 1.165) is 11.1 Å². The van der Waals surface area contributed by atoms with Gasteiger partial charge >= 0.3 is 0 Å². The van der Waals surface area contributed by atoms with Gasteiger partial charge in [0.05, 0.1) is 0 Å². The van der Waals surface area contributed by atoms with Crippen LogP contribution in [-0.2, 0) is 22.3 Å². The Bertz CT molecular complexity index is 490. The third-order valence-corrected chi connectivity index (χ3v) is 3.09. The Morgan fingerprint density at radius 1 is 0.833 bits per heavy atom. The van der Waals surface area contributed by atoms with Gasteiger partial charge in [0.15, 0.2) is 12.4 Å². The Hall–Kier alpha value is -1.71. The van der Waals surface area contributed by atoms with E-state index < -0.39 is 5.79 Å². The van der Waals surface area contributed by atoms with Gasteiger partial charge in [0.1, 0.15) is 7.05 Å². The number of rotatable bonds is 4. The molecule has 0 fully saturated rings. The fourth-order valence-corrected chi connectivity index (χ4v) is 2.10. The van der Waals surface area contributed by atoms with Crippen LogP contribution in [0.5, 0.6) is 0 Å². The first-order chi connectivity index (χ1) is 8.73. The topological polar surface area (TPSA) is 22.3 Å². The number of nitrogens with zero attached hydrogens (tertiary/aromatic N) is 1. The predicted molar refractivity (Wildman–Crippen MR) is 68.9 cm³/mol. The van der Waals surface area contributed by atoms with Crippen molar-refractivity contribution in [2.24, 2.45) is 7.05 Å². The standard InChI is InChI=1S/C15H18NO2/c1-16-11-9-14(10-12-16)15(17-2,18-3)13-7-5-4-6-8-13/h4-12H,1-3H3/q+1. The first kappa shape index (κ1) is 12.7. The molecule has 3 nitrogen and oxygen atoms in total. The Morgan fingerprint density at radius 3 is 1.83 bits per heavy atom. The highest BCUT2D eigenvalue weighted by Crippen LogP contribution is 2.33. The summed E-state index contributed by atoms with van der Waals surface area (Å²) in [5.74, 6) is -0.852. The molecule has 0 saturated carbocycles. The average Bonchev–Trinajstić information content (AvgIpc) is 2.44. The number of hydrogen-bond acceptors (Lipinski definition) is 2. The lowest BCUT2D eigenvalue weighted by Gasteiger charge is -2.31. The van der Waals surface area contributed by atoms with Gasteiger partial charge in [-0.3, -0.25) is 0 Å². The summed E-state index contributed by atoms with van der Waals surface area (Å²) in [4.78, 5) is 0. The minimum atomic E-state index is -0.852. The van der Waals surface area contributed by atoms with Crippen LogP contribution in [0.3, 0.4) is 0 Å². The van der Waals surface area contributed by atoms with Gasteiger partial charge in [0, 0.05) is 37.5 Å². The lowest BCUT2D eigenvalue weighted by molar-refractivity contribution is -0.671. The minimum Gasteiger partial charge on any atom is -0.346 e. The Labute approximate surface area is 108 Å². The molecule has 0 aliphatic carbocycles. The van der Waals surface area contributed by atoms with E-state index in [9.17, 15) is 0 Å². The first-order valence-electron chi connectivity index (χ1n) is 5.84. The highest BCUT2D eigenvalue weighted by Gasteiger charge is 2.34. The van der Waals surface area contributed by atoms with Crippen LogP contribution in [-0.4, -0.2) is 14.2 Å². The molecule has 1 aromatic heterocycles. The van der Waals surface area contributed by atoms with Crippen LogP contribution in [0, 0.1) is 0 Å². The van der Waals surface area contributed by atoms with Crippen molar-refractivity contribution in [2.45, 2.75) is 5.79 Å². The molecule has 0 bridgehead atoms. The molecule has 0 radical (unpaired) electrons. The molecular weight excluding hydrogens is 226 g/mol. The normalized spacial score (nSPS) is 11.5. The fourth-order valence-electron chi connectivity index (χ4n) is 2.10. The van der Waals surface area contributed by atoms with Crippen LogP contribution in [0.1, 0.15) is 11.1 Å². The van der Waals surface area contributed by atoms with Crippen molar-refractivity contribution in [2.75, 3.05) is 14.2 Å². The van der Waals surface area contributed by atoms with Gasteiger partial charge in [0.25, 0.3) is 0 Å². The molecule has 0 aliphatic rings. The molecule has 0 saturated heterocycles. The molecule has 0 atom stereocenters. The Balaban J connectivity index is 2.54. The molecule has 2 aromatic rings. The summed E-state index contributed by atoms with van der Waals surface area (Å²) in [6.07, 6.45) is 3.95.